The van der Waals surface area contributed by atoms with Gasteiger partial charge in [0.2, 0.25) is 0 Å². The zero-order valence-corrected chi connectivity index (χ0v) is 14.3. The lowest BCUT2D eigenvalue weighted by molar-refractivity contribution is 0.249. The molecular formula is C20H20N2OS. The van der Waals surface area contributed by atoms with Crippen molar-refractivity contribution in [2.45, 2.75) is 35.5 Å². The number of rotatable bonds is 2. The van der Waals surface area contributed by atoms with E-state index in [-0.39, 0.29) is 6.03 Å². The number of anilines is 2. The fourth-order valence-electron chi connectivity index (χ4n) is 3.26. The van der Waals surface area contributed by atoms with Gasteiger partial charge in [0.15, 0.2) is 0 Å². The Hall–Kier alpha value is -2.20. The molecule has 1 aliphatic carbocycles. The Morgan fingerprint density at radius 2 is 1.67 bits per heavy atom. The molecule has 0 saturated heterocycles. The molecule has 4 heteroatoms. The molecule has 2 aliphatic rings. The summed E-state index contributed by atoms with van der Waals surface area (Å²) in [5, 5.41) is 3.11. The van der Waals surface area contributed by atoms with Crippen LogP contribution in [0.15, 0.2) is 70.0 Å². The molecule has 1 heterocycles. The standard InChI is InChI=1S/C20H20N2OS/c23-20(21-14-15-8-2-1-3-9-15)22-16-10-4-6-12-18(16)24-19-13-7-5-11-17(19)22/h4-8,10-13H,1-3,9,14H2,(H,21,23). The van der Waals surface area contributed by atoms with Crippen LogP contribution in [0.5, 0.6) is 0 Å². The molecule has 24 heavy (non-hydrogen) atoms. The topological polar surface area (TPSA) is 32.3 Å². The highest BCUT2D eigenvalue weighted by Gasteiger charge is 2.27. The summed E-state index contributed by atoms with van der Waals surface area (Å²) in [7, 11) is 0. The second-order valence-corrected chi connectivity index (χ2v) is 7.22. The van der Waals surface area contributed by atoms with E-state index < -0.39 is 0 Å². The predicted octanol–water partition coefficient (Wildman–Crippen LogP) is 5.50. The normalized spacial score (nSPS) is 16.0. The molecule has 1 N–H and O–H groups in total. The van der Waals surface area contributed by atoms with Crippen molar-refractivity contribution >= 4 is 29.2 Å². The highest BCUT2D eigenvalue weighted by atomic mass is 32.2. The van der Waals surface area contributed by atoms with Gasteiger partial charge in [-0.05, 0) is 49.9 Å². The Kier molecular flexibility index (Phi) is 4.30. The van der Waals surface area contributed by atoms with Crippen molar-refractivity contribution in [3.05, 3.63) is 60.2 Å². The maximum absolute atomic E-state index is 12.9. The number of amides is 2. The summed E-state index contributed by atoms with van der Waals surface area (Å²) < 4.78 is 0. The van der Waals surface area contributed by atoms with Crippen LogP contribution >= 0.6 is 11.8 Å². The lowest BCUT2D eigenvalue weighted by Crippen LogP contribution is -2.39. The lowest BCUT2D eigenvalue weighted by Gasteiger charge is -2.31. The van der Waals surface area contributed by atoms with Gasteiger partial charge in [0.25, 0.3) is 0 Å². The minimum absolute atomic E-state index is 0.0540. The van der Waals surface area contributed by atoms with E-state index in [1.165, 1.54) is 18.4 Å². The van der Waals surface area contributed by atoms with Crippen LogP contribution < -0.4 is 10.2 Å². The van der Waals surface area contributed by atoms with E-state index in [2.05, 4.69) is 23.5 Å². The molecule has 0 fully saturated rings. The van der Waals surface area contributed by atoms with E-state index in [4.69, 9.17) is 0 Å². The number of carbonyl (C=O) groups excluding carboxylic acids is 1. The summed E-state index contributed by atoms with van der Waals surface area (Å²) >= 11 is 1.72. The summed E-state index contributed by atoms with van der Waals surface area (Å²) in [6.07, 6.45) is 7.01. The molecule has 2 aromatic carbocycles. The maximum Gasteiger partial charge on any atom is 0.326 e. The van der Waals surface area contributed by atoms with Gasteiger partial charge in [-0.3, -0.25) is 4.90 Å². The Morgan fingerprint density at radius 3 is 2.29 bits per heavy atom. The molecule has 2 amide bonds. The average molecular weight is 336 g/mol. The molecule has 0 saturated carbocycles. The molecule has 0 atom stereocenters. The van der Waals surface area contributed by atoms with Gasteiger partial charge in [0, 0.05) is 16.3 Å². The molecule has 0 radical (unpaired) electrons. The van der Waals surface area contributed by atoms with Crippen LogP contribution in [0.1, 0.15) is 25.7 Å². The molecule has 4 rings (SSSR count). The van der Waals surface area contributed by atoms with Crippen LogP contribution in [0.25, 0.3) is 0 Å². The molecule has 0 aromatic heterocycles. The number of para-hydroxylation sites is 2. The Bertz CT molecular complexity index is 754. The molecule has 0 spiro atoms. The van der Waals surface area contributed by atoms with Gasteiger partial charge in [-0.1, -0.05) is 47.7 Å². The molecule has 0 bridgehead atoms. The smallest absolute Gasteiger partial charge is 0.326 e. The summed E-state index contributed by atoms with van der Waals surface area (Å²) in [5.74, 6) is 0. The number of carbonyl (C=O) groups is 1. The monoisotopic (exact) mass is 336 g/mol. The summed E-state index contributed by atoms with van der Waals surface area (Å²) in [6, 6.07) is 16.1. The van der Waals surface area contributed by atoms with Gasteiger partial charge >= 0.3 is 6.03 Å². The van der Waals surface area contributed by atoms with E-state index >= 15 is 0 Å². The first-order valence-electron chi connectivity index (χ1n) is 8.45. The SMILES string of the molecule is O=C(NCC1=CCCCC1)N1c2ccccc2Sc2ccccc21. The third kappa shape index (κ3) is 2.94. The van der Waals surface area contributed by atoms with Gasteiger partial charge in [0.1, 0.15) is 0 Å². The highest BCUT2D eigenvalue weighted by Crippen LogP contribution is 2.47. The van der Waals surface area contributed by atoms with Crippen molar-refractivity contribution in [1.29, 1.82) is 0 Å². The number of hydrogen-bond donors (Lipinski definition) is 1. The zero-order chi connectivity index (χ0) is 16.4. The second-order valence-electron chi connectivity index (χ2n) is 6.14. The molecule has 122 valence electrons. The van der Waals surface area contributed by atoms with Gasteiger partial charge in [-0.2, -0.15) is 0 Å². The Labute approximate surface area is 146 Å². The van der Waals surface area contributed by atoms with Crippen LogP contribution in [0.3, 0.4) is 0 Å². The van der Waals surface area contributed by atoms with E-state index in [0.717, 1.165) is 34.0 Å². The van der Waals surface area contributed by atoms with Gasteiger partial charge in [-0.25, -0.2) is 4.79 Å². The number of urea groups is 1. The first-order chi connectivity index (χ1) is 11.8. The van der Waals surface area contributed by atoms with Crippen LogP contribution in [0.4, 0.5) is 16.2 Å². The number of nitrogens with one attached hydrogen (secondary N) is 1. The molecule has 1 aliphatic heterocycles. The zero-order valence-electron chi connectivity index (χ0n) is 13.5. The van der Waals surface area contributed by atoms with Crippen LogP contribution in [-0.4, -0.2) is 12.6 Å². The molecule has 2 aromatic rings. The van der Waals surface area contributed by atoms with Gasteiger partial charge < -0.3 is 5.32 Å². The molecular weight excluding hydrogens is 316 g/mol. The van der Waals surface area contributed by atoms with Crippen molar-refractivity contribution in [2.75, 3.05) is 11.4 Å². The summed E-state index contributed by atoms with van der Waals surface area (Å²) in [4.78, 5) is 17.0. The van der Waals surface area contributed by atoms with Crippen molar-refractivity contribution in [3.63, 3.8) is 0 Å². The lowest BCUT2D eigenvalue weighted by atomic mass is 10.00. The van der Waals surface area contributed by atoms with Crippen molar-refractivity contribution in [1.82, 2.24) is 5.32 Å². The number of nitrogens with zero attached hydrogens (tertiary/aromatic N) is 1. The quantitative estimate of drug-likeness (QED) is 0.735. The molecule has 3 nitrogen and oxygen atoms in total. The first-order valence-corrected chi connectivity index (χ1v) is 9.26. The summed E-state index contributed by atoms with van der Waals surface area (Å²) in [5.41, 5.74) is 3.26. The minimum atomic E-state index is -0.0540. The second kappa shape index (κ2) is 6.73. The maximum atomic E-state index is 12.9. The number of benzene rings is 2. The van der Waals surface area contributed by atoms with Crippen LogP contribution in [-0.2, 0) is 0 Å². The van der Waals surface area contributed by atoms with E-state index in [1.54, 1.807) is 11.8 Å². The number of hydrogen-bond acceptors (Lipinski definition) is 2. The van der Waals surface area contributed by atoms with Crippen LogP contribution in [0.2, 0.25) is 0 Å². The summed E-state index contributed by atoms with van der Waals surface area (Å²) in [6.45, 7) is 0.646. The van der Waals surface area contributed by atoms with E-state index in [1.807, 2.05) is 41.3 Å². The number of fused-ring (bicyclic) bond motifs is 2. The number of allylic oxidation sites excluding steroid dienone is 1. The van der Waals surface area contributed by atoms with Gasteiger partial charge in [-0.15, -0.1) is 0 Å². The third-order valence-electron chi connectivity index (χ3n) is 4.49. The minimum Gasteiger partial charge on any atom is -0.334 e. The molecule has 0 unspecified atom stereocenters. The third-order valence-corrected chi connectivity index (χ3v) is 5.62. The van der Waals surface area contributed by atoms with Crippen molar-refractivity contribution < 1.29 is 4.79 Å². The van der Waals surface area contributed by atoms with Gasteiger partial charge in [0.05, 0.1) is 11.4 Å². The van der Waals surface area contributed by atoms with E-state index in [9.17, 15) is 4.79 Å². The predicted molar refractivity (Wildman–Crippen MR) is 99.1 cm³/mol. The Balaban J connectivity index is 1.61. The van der Waals surface area contributed by atoms with E-state index in [0.29, 0.717) is 6.54 Å². The van der Waals surface area contributed by atoms with Crippen LogP contribution in [0, 0.1) is 0 Å². The fourth-order valence-corrected chi connectivity index (χ4v) is 4.31. The Morgan fingerprint density at radius 1 is 1.00 bits per heavy atom. The average Bonchev–Trinajstić information content (AvgIpc) is 2.65. The largest absolute Gasteiger partial charge is 0.334 e. The van der Waals surface area contributed by atoms with Crippen molar-refractivity contribution in [2.24, 2.45) is 0 Å². The van der Waals surface area contributed by atoms with Crippen molar-refractivity contribution in [3.8, 4) is 0 Å². The highest BCUT2D eigenvalue weighted by molar-refractivity contribution is 7.99. The first kappa shape index (κ1) is 15.3. The fraction of sp³-hybridized carbons (Fsp3) is 0.250.